The van der Waals surface area contributed by atoms with E-state index in [-0.39, 0.29) is 0 Å². The van der Waals surface area contributed by atoms with Crippen molar-refractivity contribution in [1.82, 2.24) is 0 Å². The third kappa shape index (κ3) is 1.68. The zero-order chi connectivity index (χ0) is 9.26. The van der Waals surface area contributed by atoms with Crippen LogP contribution in [0.5, 0.6) is 0 Å². The van der Waals surface area contributed by atoms with Crippen molar-refractivity contribution >= 4 is 23.1 Å². The van der Waals surface area contributed by atoms with Gasteiger partial charge >= 0.3 is 0 Å². The summed E-state index contributed by atoms with van der Waals surface area (Å²) >= 11 is 5.78. The van der Waals surface area contributed by atoms with Gasteiger partial charge in [0.15, 0.2) is 0 Å². The predicted molar refractivity (Wildman–Crippen MR) is 55.8 cm³/mol. The van der Waals surface area contributed by atoms with Crippen LogP contribution in [0.1, 0.15) is 12.8 Å². The highest BCUT2D eigenvalue weighted by molar-refractivity contribution is 6.30. The zero-order valence-corrected chi connectivity index (χ0v) is 8.01. The van der Waals surface area contributed by atoms with E-state index in [2.05, 4.69) is 0 Å². The number of rotatable bonds is 1. The molecule has 1 aromatic rings. The lowest BCUT2D eigenvalue weighted by molar-refractivity contribution is 0.956. The molecule has 1 heterocycles. The summed E-state index contributed by atoms with van der Waals surface area (Å²) in [5.74, 6) is 0.710. The number of halogens is 1. The minimum atomic E-state index is 0.710. The highest BCUT2D eigenvalue weighted by atomic mass is 35.5. The molecule has 1 fully saturated rings. The first-order chi connectivity index (χ1) is 6.27. The molecule has 0 aliphatic carbocycles. The van der Waals surface area contributed by atoms with E-state index in [9.17, 15) is 0 Å². The summed E-state index contributed by atoms with van der Waals surface area (Å²) in [6.07, 6.45) is 1.98. The molecule has 2 rings (SSSR count). The first-order valence-electron chi connectivity index (χ1n) is 4.38. The van der Waals surface area contributed by atoms with Crippen molar-refractivity contribution in [2.45, 2.75) is 12.8 Å². The van der Waals surface area contributed by atoms with Crippen LogP contribution >= 0.6 is 11.6 Å². The van der Waals surface area contributed by atoms with Gasteiger partial charge in [0.2, 0.25) is 0 Å². The van der Waals surface area contributed by atoms with E-state index in [4.69, 9.17) is 17.0 Å². The molecule has 3 heteroatoms. The molecule has 1 saturated heterocycles. The normalized spacial score (nSPS) is 16.7. The second-order valence-corrected chi connectivity index (χ2v) is 3.61. The van der Waals surface area contributed by atoms with E-state index in [1.54, 1.807) is 0 Å². The van der Waals surface area contributed by atoms with Crippen molar-refractivity contribution in [3.8, 4) is 0 Å². The molecule has 0 saturated carbocycles. The lowest BCUT2D eigenvalue weighted by Gasteiger charge is -2.17. The summed E-state index contributed by atoms with van der Waals surface area (Å²) in [5.41, 5.74) is 1.08. The number of nitrogens with one attached hydrogen (secondary N) is 1. The average Bonchev–Trinajstić information content (AvgIpc) is 2.53. The lowest BCUT2D eigenvalue weighted by Crippen LogP contribution is -2.22. The third-order valence-electron chi connectivity index (χ3n) is 2.26. The van der Waals surface area contributed by atoms with Gasteiger partial charge in [-0.1, -0.05) is 11.6 Å². The first kappa shape index (κ1) is 8.57. The Morgan fingerprint density at radius 2 is 1.92 bits per heavy atom. The quantitative estimate of drug-likeness (QED) is 0.731. The maximum Gasteiger partial charge on any atom is 0.100 e. The van der Waals surface area contributed by atoms with E-state index in [0.717, 1.165) is 30.1 Å². The Balaban J connectivity index is 2.25. The molecule has 2 nitrogen and oxygen atoms in total. The van der Waals surface area contributed by atoms with Crippen LogP contribution in [0.2, 0.25) is 5.02 Å². The van der Waals surface area contributed by atoms with Crippen LogP contribution in [-0.4, -0.2) is 12.4 Å². The molecule has 68 valence electrons. The van der Waals surface area contributed by atoms with Gasteiger partial charge in [-0.05, 0) is 30.7 Å². The topological polar surface area (TPSA) is 27.1 Å². The summed E-state index contributed by atoms with van der Waals surface area (Å²) in [6, 6.07) is 7.65. The van der Waals surface area contributed by atoms with E-state index < -0.39 is 0 Å². The molecule has 1 aromatic carbocycles. The fraction of sp³-hybridized carbons (Fsp3) is 0.300. The van der Waals surface area contributed by atoms with Crippen LogP contribution in [0.25, 0.3) is 0 Å². The van der Waals surface area contributed by atoms with Crippen LogP contribution in [0.15, 0.2) is 24.3 Å². The maximum absolute atomic E-state index is 7.69. The largest absolute Gasteiger partial charge is 0.330 e. The van der Waals surface area contributed by atoms with Gasteiger partial charge in [0.1, 0.15) is 5.84 Å². The van der Waals surface area contributed by atoms with Gasteiger partial charge in [0, 0.05) is 23.7 Å². The van der Waals surface area contributed by atoms with Crippen molar-refractivity contribution < 1.29 is 0 Å². The number of benzene rings is 1. The van der Waals surface area contributed by atoms with Crippen LogP contribution in [0.4, 0.5) is 5.69 Å². The fourth-order valence-electron chi connectivity index (χ4n) is 1.58. The monoisotopic (exact) mass is 194 g/mol. The molecule has 0 radical (unpaired) electrons. The number of hydrogen-bond donors (Lipinski definition) is 1. The summed E-state index contributed by atoms with van der Waals surface area (Å²) in [4.78, 5) is 2.02. The van der Waals surface area contributed by atoms with Crippen molar-refractivity contribution in [1.29, 1.82) is 5.41 Å². The molecule has 1 aliphatic rings. The van der Waals surface area contributed by atoms with E-state index in [0.29, 0.717) is 5.84 Å². The van der Waals surface area contributed by atoms with Gasteiger partial charge in [-0.3, -0.25) is 5.41 Å². The molecule has 0 aromatic heterocycles. The number of amidine groups is 1. The van der Waals surface area contributed by atoms with Crippen molar-refractivity contribution in [3.05, 3.63) is 29.3 Å². The zero-order valence-electron chi connectivity index (χ0n) is 7.26. The van der Waals surface area contributed by atoms with Gasteiger partial charge in [-0.15, -0.1) is 0 Å². The second-order valence-electron chi connectivity index (χ2n) is 3.18. The SMILES string of the molecule is N=C1CCCN1c1ccc(Cl)cc1. The Hall–Kier alpha value is -1.02. The van der Waals surface area contributed by atoms with Crippen LogP contribution < -0.4 is 4.90 Å². The molecule has 0 bridgehead atoms. The molecular formula is C10H11ClN2. The second kappa shape index (κ2) is 3.38. The Labute approximate surface area is 82.6 Å². The molecule has 1 aliphatic heterocycles. The highest BCUT2D eigenvalue weighted by Gasteiger charge is 2.17. The summed E-state index contributed by atoms with van der Waals surface area (Å²) in [6.45, 7) is 0.959. The molecule has 13 heavy (non-hydrogen) atoms. The molecule has 0 amide bonds. The van der Waals surface area contributed by atoms with Crippen LogP contribution in [0, 0.1) is 5.41 Å². The Morgan fingerprint density at radius 1 is 1.23 bits per heavy atom. The maximum atomic E-state index is 7.69. The predicted octanol–water partition coefficient (Wildman–Crippen LogP) is 2.92. The van der Waals surface area contributed by atoms with Crippen molar-refractivity contribution in [3.63, 3.8) is 0 Å². The summed E-state index contributed by atoms with van der Waals surface area (Å²) in [5, 5.41) is 8.43. The van der Waals surface area contributed by atoms with Gasteiger partial charge in [0.25, 0.3) is 0 Å². The van der Waals surface area contributed by atoms with Crippen LogP contribution in [-0.2, 0) is 0 Å². The highest BCUT2D eigenvalue weighted by Crippen LogP contribution is 2.22. The Bertz CT molecular complexity index is 318. The number of hydrogen-bond acceptors (Lipinski definition) is 1. The summed E-state index contributed by atoms with van der Waals surface area (Å²) in [7, 11) is 0. The number of anilines is 1. The summed E-state index contributed by atoms with van der Waals surface area (Å²) < 4.78 is 0. The molecule has 0 atom stereocenters. The average molecular weight is 195 g/mol. The molecule has 0 unspecified atom stereocenters. The minimum absolute atomic E-state index is 0.710. The van der Waals surface area contributed by atoms with Gasteiger partial charge < -0.3 is 4.90 Å². The Morgan fingerprint density at radius 3 is 2.46 bits per heavy atom. The van der Waals surface area contributed by atoms with Crippen molar-refractivity contribution in [2.75, 3.05) is 11.4 Å². The van der Waals surface area contributed by atoms with Gasteiger partial charge in [0.05, 0.1) is 0 Å². The van der Waals surface area contributed by atoms with Gasteiger partial charge in [-0.2, -0.15) is 0 Å². The third-order valence-corrected chi connectivity index (χ3v) is 2.51. The van der Waals surface area contributed by atoms with E-state index in [1.807, 2.05) is 29.2 Å². The van der Waals surface area contributed by atoms with Gasteiger partial charge in [-0.25, -0.2) is 0 Å². The Kier molecular flexibility index (Phi) is 2.23. The van der Waals surface area contributed by atoms with E-state index >= 15 is 0 Å². The minimum Gasteiger partial charge on any atom is -0.330 e. The van der Waals surface area contributed by atoms with Crippen molar-refractivity contribution in [2.24, 2.45) is 0 Å². The molecule has 1 N–H and O–H groups in total. The standard InChI is InChI=1S/C10H11ClN2/c11-8-3-5-9(6-4-8)13-7-1-2-10(13)12/h3-6,12H,1-2,7H2. The first-order valence-corrected chi connectivity index (χ1v) is 4.76. The lowest BCUT2D eigenvalue weighted by atomic mass is 10.3. The molecule has 0 spiro atoms. The van der Waals surface area contributed by atoms with E-state index in [1.165, 1.54) is 0 Å². The smallest absolute Gasteiger partial charge is 0.100 e. The molecular weight excluding hydrogens is 184 g/mol. The van der Waals surface area contributed by atoms with Crippen LogP contribution in [0.3, 0.4) is 0 Å². The number of nitrogens with zero attached hydrogens (tertiary/aromatic N) is 1. The fourth-order valence-corrected chi connectivity index (χ4v) is 1.71.